The molecule has 0 N–H and O–H groups in total. The van der Waals surface area contributed by atoms with E-state index in [2.05, 4.69) is 71.0 Å². The monoisotopic (exact) mass is 568 g/mol. The molecule has 0 radical (unpaired) electrons. The minimum absolute atomic E-state index is 0.00922. The van der Waals surface area contributed by atoms with Crippen molar-refractivity contribution in [3.8, 4) is 0 Å². The largest absolute Gasteiger partial charge is 0.465 e. The van der Waals surface area contributed by atoms with E-state index in [1.165, 1.54) is 36.8 Å². The van der Waals surface area contributed by atoms with E-state index in [1.54, 1.807) is 0 Å². The van der Waals surface area contributed by atoms with Crippen molar-refractivity contribution in [2.45, 2.75) is 95.2 Å². The van der Waals surface area contributed by atoms with E-state index in [1.807, 2.05) is 11.8 Å². The maximum atomic E-state index is 13.5. The number of para-hydroxylation sites is 2. The number of aryl methyl sites for hydroxylation is 1. The second-order valence-electron chi connectivity index (χ2n) is 13.3. The molecule has 3 saturated heterocycles. The van der Waals surface area contributed by atoms with Gasteiger partial charge in [0.05, 0.1) is 17.6 Å². The number of amides is 1. The molecule has 3 aromatic rings. The number of benzene rings is 2. The second kappa shape index (κ2) is 10.8. The van der Waals surface area contributed by atoms with E-state index in [4.69, 9.17) is 9.72 Å². The third-order valence-electron chi connectivity index (χ3n) is 11.1. The summed E-state index contributed by atoms with van der Waals surface area (Å²) in [6.07, 6.45) is 9.17. The van der Waals surface area contributed by atoms with Crippen LogP contribution >= 0.6 is 0 Å². The number of ether oxygens (including phenoxy) is 1. The van der Waals surface area contributed by atoms with E-state index in [0.29, 0.717) is 50.7 Å². The maximum absolute atomic E-state index is 13.5. The lowest BCUT2D eigenvalue weighted by molar-refractivity contribution is -0.158. The van der Waals surface area contributed by atoms with Gasteiger partial charge in [-0.3, -0.25) is 14.5 Å². The number of hydrogen-bond acceptors (Lipinski definition) is 5. The van der Waals surface area contributed by atoms with E-state index in [-0.39, 0.29) is 17.3 Å². The fourth-order valence-corrected chi connectivity index (χ4v) is 8.61. The lowest BCUT2D eigenvalue weighted by atomic mass is 9.70. The minimum atomic E-state index is -0.911. The Bertz CT molecular complexity index is 1440. The Hall–Kier alpha value is -3.19. The van der Waals surface area contributed by atoms with Gasteiger partial charge in [0, 0.05) is 31.2 Å². The van der Waals surface area contributed by atoms with Crippen LogP contribution < -0.4 is 0 Å². The maximum Gasteiger partial charge on any atom is 0.321 e. The zero-order chi connectivity index (χ0) is 28.9. The number of piperidine rings is 2. The average Bonchev–Trinajstić information content (AvgIpc) is 3.71. The van der Waals surface area contributed by atoms with Crippen LogP contribution in [0, 0.1) is 12.3 Å². The van der Waals surface area contributed by atoms with Gasteiger partial charge in [-0.15, -0.1) is 0 Å². The standard InChI is InChI=1S/C35H44N4O3/c1-3-42-33(41)35(15-16-35)32(40)37-20-17-34(18-21-37,26-9-5-4-6-10-26)19-22-38-27-13-14-28(38)24-29(23-27)39-25(2)36-30-11-7-8-12-31(30)39/h4-12,27-29H,3,13-24H2,1-2H3/t27-,28+,29?. The summed E-state index contributed by atoms with van der Waals surface area (Å²) in [5, 5.41) is 0. The molecular weight excluding hydrogens is 524 g/mol. The van der Waals surface area contributed by atoms with Crippen molar-refractivity contribution in [2.75, 3.05) is 26.2 Å². The van der Waals surface area contributed by atoms with Crippen LogP contribution in [0.1, 0.15) is 82.1 Å². The zero-order valence-electron chi connectivity index (χ0n) is 25.1. The van der Waals surface area contributed by atoms with Gasteiger partial charge in [0.15, 0.2) is 0 Å². The molecule has 4 fully saturated rings. The van der Waals surface area contributed by atoms with Gasteiger partial charge in [-0.05, 0) is 101 Å². The van der Waals surface area contributed by atoms with Crippen LogP contribution in [-0.4, -0.2) is 69.6 Å². The van der Waals surface area contributed by atoms with Crippen LogP contribution in [-0.2, 0) is 19.7 Å². The van der Waals surface area contributed by atoms with Crippen molar-refractivity contribution in [1.82, 2.24) is 19.4 Å². The third kappa shape index (κ3) is 4.64. The summed E-state index contributed by atoms with van der Waals surface area (Å²) >= 11 is 0. The SMILES string of the molecule is CCOC(=O)C1(C(=O)N2CCC(CCN3[C@@H]4CC[C@H]3CC(n3c(C)nc5ccccc53)C4)(c3ccccc3)CC2)CC1. The summed E-state index contributed by atoms with van der Waals surface area (Å²) in [7, 11) is 0. The van der Waals surface area contributed by atoms with Gasteiger partial charge in [-0.25, -0.2) is 4.98 Å². The van der Waals surface area contributed by atoms with Gasteiger partial charge in [-0.2, -0.15) is 0 Å². The first kappa shape index (κ1) is 27.6. The van der Waals surface area contributed by atoms with Crippen molar-refractivity contribution in [3.63, 3.8) is 0 Å². The molecule has 3 aliphatic heterocycles. The molecule has 3 atom stereocenters. The van der Waals surface area contributed by atoms with E-state index in [0.717, 1.165) is 37.1 Å². The van der Waals surface area contributed by atoms with E-state index >= 15 is 0 Å². The Kier molecular flexibility index (Phi) is 7.12. The van der Waals surface area contributed by atoms with Crippen LogP contribution in [0.15, 0.2) is 54.6 Å². The Morgan fingerprint density at radius 3 is 2.24 bits per heavy atom. The van der Waals surface area contributed by atoms with Crippen molar-refractivity contribution in [1.29, 1.82) is 0 Å². The Morgan fingerprint density at radius 1 is 0.905 bits per heavy atom. The summed E-state index contributed by atoms with van der Waals surface area (Å²) in [5.74, 6) is 0.798. The van der Waals surface area contributed by atoms with Crippen molar-refractivity contribution in [2.24, 2.45) is 5.41 Å². The lowest BCUT2D eigenvalue weighted by Crippen LogP contribution is -2.51. The molecule has 7 rings (SSSR count). The van der Waals surface area contributed by atoms with Crippen molar-refractivity contribution >= 4 is 22.9 Å². The highest BCUT2D eigenvalue weighted by molar-refractivity contribution is 6.05. The molecule has 1 amide bonds. The first-order valence-electron chi connectivity index (χ1n) is 16.2. The van der Waals surface area contributed by atoms with Crippen molar-refractivity contribution in [3.05, 3.63) is 66.0 Å². The predicted molar refractivity (Wildman–Crippen MR) is 163 cm³/mol. The van der Waals surface area contributed by atoms with Crippen LogP contribution in [0.4, 0.5) is 0 Å². The summed E-state index contributed by atoms with van der Waals surface area (Å²) in [5.41, 5.74) is 2.91. The minimum Gasteiger partial charge on any atom is -0.465 e. The first-order chi connectivity index (χ1) is 20.4. The Morgan fingerprint density at radius 2 is 1.57 bits per heavy atom. The third-order valence-corrected chi connectivity index (χ3v) is 11.1. The van der Waals surface area contributed by atoms with Gasteiger partial charge < -0.3 is 14.2 Å². The normalized spacial score (nSPS) is 26.3. The molecule has 2 aromatic carbocycles. The van der Waals surface area contributed by atoms with Crippen LogP contribution in [0.3, 0.4) is 0 Å². The molecule has 0 spiro atoms. The number of likely N-dealkylation sites (tertiary alicyclic amines) is 1. The predicted octanol–water partition coefficient (Wildman–Crippen LogP) is 5.81. The molecule has 7 nitrogen and oxygen atoms in total. The molecule has 1 saturated carbocycles. The smallest absolute Gasteiger partial charge is 0.321 e. The van der Waals surface area contributed by atoms with Gasteiger partial charge in [0.25, 0.3) is 0 Å². The van der Waals surface area contributed by atoms with Gasteiger partial charge >= 0.3 is 5.97 Å². The fraction of sp³-hybridized carbons (Fsp3) is 0.571. The average molecular weight is 569 g/mol. The zero-order valence-corrected chi connectivity index (χ0v) is 25.1. The summed E-state index contributed by atoms with van der Waals surface area (Å²) in [4.78, 5) is 35.7. The number of esters is 1. The Labute approximate surface area is 249 Å². The molecular formula is C35H44N4O3. The van der Waals surface area contributed by atoms with Crippen LogP contribution in [0.2, 0.25) is 0 Å². The van der Waals surface area contributed by atoms with Gasteiger partial charge in [-0.1, -0.05) is 42.5 Å². The molecule has 42 heavy (non-hydrogen) atoms. The van der Waals surface area contributed by atoms with Crippen molar-refractivity contribution < 1.29 is 14.3 Å². The number of aromatic nitrogens is 2. The number of carbonyl (C=O) groups excluding carboxylic acids is 2. The van der Waals surface area contributed by atoms with Gasteiger partial charge in [0.1, 0.15) is 11.2 Å². The molecule has 2 bridgehead atoms. The molecule has 7 heteroatoms. The number of carbonyl (C=O) groups is 2. The van der Waals surface area contributed by atoms with Crippen LogP contribution in [0.5, 0.6) is 0 Å². The lowest BCUT2D eigenvalue weighted by Gasteiger charge is -2.46. The fourth-order valence-electron chi connectivity index (χ4n) is 8.61. The summed E-state index contributed by atoms with van der Waals surface area (Å²) < 4.78 is 7.80. The highest BCUT2D eigenvalue weighted by Gasteiger charge is 2.60. The molecule has 4 heterocycles. The molecule has 222 valence electrons. The number of fused-ring (bicyclic) bond motifs is 3. The van der Waals surface area contributed by atoms with E-state index < -0.39 is 5.41 Å². The number of rotatable bonds is 8. The van der Waals surface area contributed by atoms with Crippen LogP contribution in [0.25, 0.3) is 11.0 Å². The second-order valence-corrected chi connectivity index (χ2v) is 13.3. The highest BCUT2D eigenvalue weighted by atomic mass is 16.5. The topological polar surface area (TPSA) is 67.7 Å². The Balaban J connectivity index is 1.05. The molecule has 1 unspecified atom stereocenters. The highest BCUT2D eigenvalue weighted by Crippen LogP contribution is 2.50. The van der Waals surface area contributed by atoms with E-state index in [9.17, 15) is 9.59 Å². The quantitative estimate of drug-likeness (QED) is 0.254. The number of hydrogen-bond donors (Lipinski definition) is 0. The molecule has 1 aliphatic carbocycles. The van der Waals surface area contributed by atoms with Gasteiger partial charge in [0.2, 0.25) is 5.91 Å². The summed E-state index contributed by atoms with van der Waals surface area (Å²) in [6, 6.07) is 21.3. The first-order valence-corrected chi connectivity index (χ1v) is 16.2. The molecule has 1 aromatic heterocycles. The molecule has 4 aliphatic rings. The number of nitrogens with zero attached hydrogens (tertiary/aromatic N) is 4. The summed E-state index contributed by atoms with van der Waals surface area (Å²) in [6.45, 7) is 6.80. The number of imidazole rings is 1.